The molecule has 1 saturated carbocycles. The molecule has 6 heteroatoms. The van der Waals surface area contributed by atoms with E-state index in [2.05, 4.69) is 34.9 Å². The van der Waals surface area contributed by atoms with Crippen LogP contribution in [0, 0.1) is 0 Å². The first-order chi connectivity index (χ1) is 14.2. The fourth-order valence-electron chi connectivity index (χ4n) is 3.81. The summed E-state index contributed by atoms with van der Waals surface area (Å²) < 4.78 is 8.87. The van der Waals surface area contributed by atoms with Crippen molar-refractivity contribution in [1.29, 1.82) is 0 Å². The lowest BCUT2D eigenvalue weighted by atomic mass is 10.1. The largest absolute Gasteiger partial charge is 0.465 e. The van der Waals surface area contributed by atoms with Crippen LogP contribution in [0.25, 0.3) is 27.8 Å². The molecule has 2 aromatic carbocycles. The summed E-state index contributed by atoms with van der Waals surface area (Å²) in [4.78, 5) is 11.7. The number of nitrogens with zero attached hydrogens (tertiary/aromatic N) is 4. The summed E-state index contributed by atoms with van der Waals surface area (Å²) in [6.07, 6.45) is 5.13. The Bertz CT molecular complexity index is 1200. The van der Waals surface area contributed by atoms with Crippen molar-refractivity contribution in [2.45, 2.75) is 32.2 Å². The number of hydrogen-bond acceptors (Lipinski definition) is 4. The number of esters is 1. The molecule has 0 bridgehead atoms. The number of carbonyl (C=O) groups excluding carboxylic acids is 1. The Kier molecular flexibility index (Phi) is 4.19. The normalized spacial score (nSPS) is 13.7. The average molecular weight is 386 g/mol. The van der Waals surface area contributed by atoms with Crippen LogP contribution in [-0.4, -0.2) is 32.6 Å². The van der Waals surface area contributed by atoms with Gasteiger partial charge in [-0.2, -0.15) is 10.2 Å². The van der Waals surface area contributed by atoms with Gasteiger partial charge in [0.25, 0.3) is 0 Å². The maximum absolute atomic E-state index is 11.7. The molecule has 29 heavy (non-hydrogen) atoms. The second-order valence-corrected chi connectivity index (χ2v) is 7.37. The number of aromatic nitrogens is 4. The second kappa shape index (κ2) is 6.88. The van der Waals surface area contributed by atoms with Gasteiger partial charge in [0.2, 0.25) is 0 Å². The minimum absolute atomic E-state index is 0.345. The van der Waals surface area contributed by atoms with Crippen molar-refractivity contribution in [3.63, 3.8) is 0 Å². The summed E-state index contributed by atoms with van der Waals surface area (Å²) in [5.41, 5.74) is 5.85. The average Bonchev–Trinajstić information content (AvgIpc) is 3.37. The molecule has 4 aromatic rings. The van der Waals surface area contributed by atoms with E-state index < -0.39 is 0 Å². The molecule has 0 saturated heterocycles. The molecule has 146 valence electrons. The maximum Gasteiger partial charge on any atom is 0.337 e. The number of aryl methyl sites for hydroxylation is 1. The SMILES string of the molecule is CCc1nn(C2CC2)c2cc(-c3ccnn3-c3ccc(C(=O)OC)cc3)ccc12. The highest BCUT2D eigenvalue weighted by Crippen LogP contribution is 2.38. The van der Waals surface area contributed by atoms with Gasteiger partial charge in [0.1, 0.15) is 0 Å². The predicted octanol–water partition coefficient (Wildman–Crippen LogP) is 4.57. The van der Waals surface area contributed by atoms with Crippen LogP contribution in [0.1, 0.15) is 41.9 Å². The van der Waals surface area contributed by atoms with Gasteiger partial charge in [-0.3, -0.25) is 4.68 Å². The second-order valence-electron chi connectivity index (χ2n) is 7.37. The van der Waals surface area contributed by atoms with Crippen molar-refractivity contribution >= 4 is 16.9 Å². The zero-order chi connectivity index (χ0) is 20.0. The van der Waals surface area contributed by atoms with Crippen molar-refractivity contribution in [2.24, 2.45) is 0 Å². The van der Waals surface area contributed by atoms with E-state index in [1.807, 2.05) is 22.9 Å². The minimum atomic E-state index is -0.345. The Morgan fingerprint density at radius 3 is 2.62 bits per heavy atom. The molecule has 0 amide bonds. The van der Waals surface area contributed by atoms with Crippen molar-refractivity contribution < 1.29 is 9.53 Å². The Labute approximate surface area is 168 Å². The van der Waals surface area contributed by atoms with Crippen molar-refractivity contribution in [2.75, 3.05) is 7.11 Å². The molecule has 5 rings (SSSR count). The lowest BCUT2D eigenvalue weighted by Gasteiger charge is -2.09. The fourth-order valence-corrected chi connectivity index (χ4v) is 3.81. The number of carbonyl (C=O) groups is 1. The molecular formula is C23H22N4O2. The van der Waals surface area contributed by atoms with Crippen LogP contribution in [-0.2, 0) is 11.2 Å². The highest BCUT2D eigenvalue weighted by molar-refractivity contribution is 5.89. The van der Waals surface area contributed by atoms with Gasteiger partial charge in [-0.05, 0) is 55.7 Å². The van der Waals surface area contributed by atoms with E-state index in [0.717, 1.165) is 29.1 Å². The zero-order valence-electron chi connectivity index (χ0n) is 16.5. The van der Waals surface area contributed by atoms with E-state index in [9.17, 15) is 4.79 Å². The predicted molar refractivity (Wildman–Crippen MR) is 111 cm³/mol. The highest BCUT2D eigenvalue weighted by Gasteiger charge is 2.27. The monoisotopic (exact) mass is 386 g/mol. The van der Waals surface area contributed by atoms with Crippen LogP contribution in [0.15, 0.2) is 54.7 Å². The Morgan fingerprint density at radius 2 is 1.93 bits per heavy atom. The van der Waals surface area contributed by atoms with Gasteiger partial charge in [-0.25, -0.2) is 9.48 Å². The maximum atomic E-state index is 11.7. The van der Waals surface area contributed by atoms with Gasteiger partial charge < -0.3 is 4.74 Å². The Balaban J connectivity index is 1.57. The van der Waals surface area contributed by atoms with Crippen LogP contribution in [0.4, 0.5) is 0 Å². The molecule has 1 aliphatic rings. The third-order valence-corrected chi connectivity index (χ3v) is 5.48. The van der Waals surface area contributed by atoms with E-state index in [1.54, 1.807) is 18.3 Å². The quantitative estimate of drug-likeness (QED) is 0.471. The number of ether oxygens (including phenoxy) is 1. The smallest absolute Gasteiger partial charge is 0.337 e. The first-order valence-corrected chi connectivity index (χ1v) is 9.94. The minimum Gasteiger partial charge on any atom is -0.465 e. The summed E-state index contributed by atoms with van der Waals surface area (Å²) in [6, 6.07) is 16.3. The van der Waals surface area contributed by atoms with Gasteiger partial charge in [-0.15, -0.1) is 0 Å². The summed E-state index contributed by atoms with van der Waals surface area (Å²) in [7, 11) is 1.38. The lowest BCUT2D eigenvalue weighted by Crippen LogP contribution is -2.03. The molecule has 0 spiro atoms. The van der Waals surface area contributed by atoms with E-state index >= 15 is 0 Å². The van der Waals surface area contributed by atoms with Crippen molar-refractivity contribution in [3.8, 4) is 16.9 Å². The van der Waals surface area contributed by atoms with Gasteiger partial charge in [-0.1, -0.05) is 19.1 Å². The molecule has 0 radical (unpaired) electrons. The van der Waals surface area contributed by atoms with Crippen LogP contribution in [0.2, 0.25) is 0 Å². The van der Waals surface area contributed by atoms with Crippen LogP contribution >= 0.6 is 0 Å². The fraction of sp³-hybridized carbons (Fsp3) is 0.261. The molecule has 2 aromatic heterocycles. The third-order valence-electron chi connectivity index (χ3n) is 5.48. The molecule has 2 heterocycles. The first kappa shape index (κ1) is 17.7. The molecule has 6 nitrogen and oxygen atoms in total. The van der Waals surface area contributed by atoms with Gasteiger partial charge in [0.15, 0.2) is 0 Å². The number of benzene rings is 2. The number of rotatable bonds is 5. The van der Waals surface area contributed by atoms with Gasteiger partial charge in [0.05, 0.1) is 47.5 Å². The lowest BCUT2D eigenvalue weighted by molar-refractivity contribution is 0.0600. The number of methoxy groups -OCH3 is 1. The Morgan fingerprint density at radius 1 is 1.14 bits per heavy atom. The molecule has 0 unspecified atom stereocenters. The highest BCUT2D eigenvalue weighted by atomic mass is 16.5. The van der Waals surface area contributed by atoms with Gasteiger partial charge >= 0.3 is 5.97 Å². The van der Waals surface area contributed by atoms with E-state index in [-0.39, 0.29) is 5.97 Å². The number of hydrogen-bond donors (Lipinski definition) is 0. The summed E-state index contributed by atoms with van der Waals surface area (Å²) in [6.45, 7) is 2.15. The van der Waals surface area contributed by atoms with Crippen LogP contribution in [0.5, 0.6) is 0 Å². The molecule has 0 aliphatic heterocycles. The zero-order valence-corrected chi connectivity index (χ0v) is 16.5. The van der Waals surface area contributed by atoms with Crippen LogP contribution in [0.3, 0.4) is 0 Å². The van der Waals surface area contributed by atoms with Crippen molar-refractivity contribution in [1.82, 2.24) is 19.6 Å². The molecule has 0 atom stereocenters. The van der Waals surface area contributed by atoms with E-state index in [1.165, 1.54) is 30.9 Å². The van der Waals surface area contributed by atoms with Crippen molar-refractivity contribution in [3.05, 3.63) is 66.0 Å². The van der Waals surface area contributed by atoms with Crippen LogP contribution < -0.4 is 0 Å². The molecule has 1 fully saturated rings. The molecular weight excluding hydrogens is 364 g/mol. The van der Waals surface area contributed by atoms with Gasteiger partial charge in [0, 0.05) is 10.9 Å². The van der Waals surface area contributed by atoms with E-state index in [0.29, 0.717) is 11.6 Å². The number of fused-ring (bicyclic) bond motifs is 1. The topological polar surface area (TPSA) is 61.9 Å². The Hall–Kier alpha value is -3.41. The first-order valence-electron chi connectivity index (χ1n) is 9.94. The molecule has 0 N–H and O–H groups in total. The summed E-state index contributed by atoms with van der Waals surface area (Å²) in [5.74, 6) is -0.345. The summed E-state index contributed by atoms with van der Waals surface area (Å²) >= 11 is 0. The summed E-state index contributed by atoms with van der Waals surface area (Å²) in [5, 5.41) is 10.6. The third kappa shape index (κ3) is 3.01. The van der Waals surface area contributed by atoms with E-state index in [4.69, 9.17) is 9.84 Å². The standard InChI is InChI=1S/C23H22N4O2/c1-3-20-19-11-6-16(14-22(19)27(25-20)18-9-10-18)21-12-13-24-26(21)17-7-4-15(5-8-17)23(28)29-2/h4-8,11-14,18H,3,9-10H2,1-2H3. The molecule has 1 aliphatic carbocycles.